The van der Waals surface area contributed by atoms with Gasteiger partial charge in [-0.05, 0) is 44.2 Å². The highest BCUT2D eigenvalue weighted by Crippen LogP contribution is 2.49. The van der Waals surface area contributed by atoms with E-state index in [2.05, 4.69) is 52.1 Å². The predicted molar refractivity (Wildman–Crippen MR) is 104 cm³/mol. The number of rotatable bonds is 4. The second kappa shape index (κ2) is 6.82. The van der Waals surface area contributed by atoms with Crippen LogP contribution in [0, 0.1) is 5.41 Å². The molecule has 5 nitrogen and oxygen atoms in total. The van der Waals surface area contributed by atoms with E-state index in [0.717, 1.165) is 39.0 Å². The van der Waals surface area contributed by atoms with Crippen molar-refractivity contribution in [3.8, 4) is 0 Å². The lowest BCUT2D eigenvalue weighted by molar-refractivity contribution is -0.145. The standard InChI is InChI=1S/C20H28N4OS/c1-15(2)24-18(7-9-21-24)17-13-23(12-16-6-4-11-26-16)14-20(17)8-5-10-22(3)19(20)25/h4,6-7,9,11,15,17H,5,8,10,12-14H2,1-3H3/t17-,20+/m0/s1. The molecular formula is C20H28N4OS. The van der Waals surface area contributed by atoms with Crippen LogP contribution in [0.25, 0.3) is 0 Å². The number of likely N-dealkylation sites (tertiary alicyclic amines) is 2. The van der Waals surface area contributed by atoms with Crippen LogP contribution >= 0.6 is 11.3 Å². The lowest BCUT2D eigenvalue weighted by atomic mass is 9.70. The summed E-state index contributed by atoms with van der Waals surface area (Å²) >= 11 is 1.80. The molecule has 1 spiro atoms. The summed E-state index contributed by atoms with van der Waals surface area (Å²) in [5, 5.41) is 6.69. The van der Waals surface area contributed by atoms with E-state index in [1.807, 2.05) is 18.1 Å². The summed E-state index contributed by atoms with van der Waals surface area (Å²) in [6, 6.07) is 6.73. The second-order valence-corrected chi connectivity index (χ2v) is 9.11. The van der Waals surface area contributed by atoms with Gasteiger partial charge in [-0.25, -0.2) is 0 Å². The van der Waals surface area contributed by atoms with E-state index in [1.165, 1.54) is 10.6 Å². The molecule has 1 amide bonds. The average Bonchev–Trinajstić information content (AvgIpc) is 3.32. The third-order valence-electron chi connectivity index (χ3n) is 6.01. The smallest absolute Gasteiger partial charge is 0.230 e. The maximum Gasteiger partial charge on any atom is 0.230 e. The van der Waals surface area contributed by atoms with Gasteiger partial charge in [-0.15, -0.1) is 11.3 Å². The third-order valence-corrected chi connectivity index (χ3v) is 6.87. The Hall–Kier alpha value is -1.66. The largest absolute Gasteiger partial charge is 0.345 e. The van der Waals surface area contributed by atoms with Crippen molar-refractivity contribution in [3.05, 3.63) is 40.3 Å². The molecule has 0 saturated carbocycles. The predicted octanol–water partition coefficient (Wildman–Crippen LogP) is 3.36. The lowest BCUT2D eigenvalue weighted by Gasteiger charge is -2.41. The van der Waals surface area contributed by atoms with Gasteiger partial charge in [-0.3, -0.25) is 14.4 Å². The van der Waals surface area contributed by atoms with E-state index in [-0.39, 0.29) is 11.3 Å². The van der Waals surface area contributed by atoms with Crippen LogP contribution in [0.2, 0.25) is 0 Å². The zero-order valence-electron chi connectivity index (χ0n) is 15.9. The number of hydrogen-bond acceptors (Lipinski definition) is 4. The monoisotopic (exact) mass is 372 g/mol. The first-order valence-corrected chi connectivity index (χ1v) is 10.4. The van der Waals surface area contributed by atoms with E-state index >= 15 is 0 Å². The van der Waals surface area contributed by atoms with E-state index in [0.29, 0.717) is 11.9 Å². The fourth-order valence-corrected chi connectivity index (χ4v) is 5.59. The Morgan fingerprint density at radius 2 is 2.23 bits per heavy atom. The highest BCUT2D eigenvalue weighted by atomic mass is 32.1. The lowest BCUT2D eigenvalue weighted by Crippen LogP contribution is -2.50. The Balaban J connectivity index is 1.70. The normalized spacial score (nSPS) is 27.2. The highest BCUT2D eigenvalue weighted by molar-refractivity contribution is 7.09. The van der Waals surface area contributed by atoms with Crippen molar-refractivity contribution in [3.63, 3.8) is 0 Å². The van der Waals surface area contributed by atoms with Gasteiger partial charge in [0.05, 0.1) is 5.41 Å². The molecule has 2 aromatic rings. The van der Waals surface area contributed by atoms with E-state index in [1.54, 1.807) is 11.3 Å². The maximum atomic E-state index is 13.4. The number of piperidine rings is 1. The van der Waals surface area contributed by atoms with Gasteiger partial charge in [0.1, 0.15) is 0 Å². The van der Waals surface area contributed by atoms with Gasteiger partial charge in [0.2, 0.25) is 5.91 Å². The molecule has 0 unspecified atom stereocenters. The van der Waals surface area contributed by atoms with Crippen molar-refractivity contribution >= 4 is 17.2 Å². The summed E-state index contributed by atoms with van der Waals surface area (Å²) in [6.45, 7) is 7.91. The Bertz CT molecular complexity index is 769. The molecule has 4 heterocycles. The van der Waals surface area contributed by atoms with Crippen LogP contribution in [-0.4, -0.2) is 52.2 Å². The van der Waals surface area contributed by atoms with Crippen molar-refractivity contribution in [2.75, 3.05) is 26.7 Å². The molecule has 2 aromatic heterocycles. The summed E-state index contributed by atoms with van der Waals surface area (Å²) in [5.41, 5.74) is 0.911. The van der Waals surface area contributed by atoms with Crippen molar-refractivity contribution in [1.82, 2.24) is 19.6 Å². The van der Waals surface area contributed by atoms with Crippen LogP contribution in [-0.2, 0) is 11.3 Å². The molecule has 26 heavy (non-hydrogen) atoms. The number of carbonyl (C=O) groups is 1. The fraction of sp³-hybridized carbons (Fsp3) is 0.600. The van der Waals surface area contributed by atoms with Crippen LogP contribution in [0.3, 0.4) is 0 Å². The van der Waals surface area contributed by atoms with E-state index in [9.17, 15) is 4.79 Å². The Kier molecular flexibility index (Phi) is 4.65. The Labute approximate surface area is 159 Å². The number of hydrogen-bond donors (Lipinski definition) is 0. The first-order valence-electron chi connectivity index (χ1n) is 9.55. The minimum absolute atomic E-state index is 0.211. The molecule has 140 valence electrons. The van der Waals surface area contributed by atoms with Gasteiger partial charge in [-0.1, -0.05) is 6.07 Å². The highest BCUT2D eigenvalue weighted by Gasteiger charge is 2.55. The summed E-state index contributed by atoms with van der Waals surface area (Å²) in [5.74, 6) is 0.529. The van der Waals surface area contributed by atoms with Gasteiger partial charge >= 0.3 is 0 Å². The number of amides is 1. The molecule has 0 bridgehead atoms. The molecule has 2 aliphatic rings. The van der Waals surface area contributed by atoms with Gasteiger partial charge in [0.25, 0.3) is 0 Å². The zero-order valence-corrected chi connectivity index (χ0v) is 16.7. The number of nitrogens with zero attached hydrogens (tertiary/aromatic N) is 4. The van der Waals surface area contributed by atoms with Crippen LogP contribution in [0.15, 0.2) is 29.8 Å². The topological polar surface area (TPSA) is 41.4 Å². The number of aromatic nitrogens is 2. The number of thiophene rings is 1. The molecule has 0 aliphatic carbocycles. The zero-order chi connectivity index (χ0) is 18.3. The first-order chi connectivity index (χ1) is 12.5. The van der Waals surface area contributed by atoms with Gasteiger partial charge in [0.15, 0.2) is 0 Å². The average molecular weight is 373 g/mol. The summed E-state index contributed by atoms with van der Waals surface area (Å²) < 4.78 is 2.11. The molecule has 0 N–H and O–H groups in total. The Morgan fingerprint density at radius 1 is 1.38 bits per heavy atom. The van der Waals surface area contributed by atoms with Crippen LogP contribution < -0.4 is 0 Å². The van der Waals surface area contributed by atoms with E-state index < -0.39 is 0 Å². The fourth-order valence-electron chi connectivity index (χ4n) is 4.85. The molecular weight excluding hydrogens is 344 g/mol. The molecule has 0 radical (unpaired) electrons. The van der Waals surface area contributed by atoms with E-state index in [4.69, 9.17) is 0 Å². The molecule has 6 heteroatoms. The van der Waals surface area contributed by atoms with Gasteiger partial charge < -0.3 is 4.90 Å². The summed E-state index contributed by atoms with van der Waals surface area (Å²) in [7, 11) is 1.96. The third kappa shape index (κ3) is 2.89. The van der Waals surface area contributed by atoms with Crippen LogP contribution in [0.1, 0.15) is 49.2 Å². The van der Waals surface area contributed by atoms with Gasteiger partial charge in [-0.2, -0.15) is 5.10 Å². The van der Waals surface area contributed by atoms with Crippen molar-refractivity contribution in [2.24, 2.45) is 5.41 Å². The molecule has 0 aromatic carbocycles. The minimum atomic E-state index is -0.309. The van der Waals surface area contributed by atoms with Crippen molar-refractivity contribution in [2.45, 2.75) is 45.2 Å². The van der Waals surface area contributed by atoms with Crippen molar-refractivity contribution < 1.29 is 4.79 Å². The quantitative estimate of drug-likeness (QED) is 0.826. The van der Waals surface area contributed by atoms with Crippen LogP contribution in [0.4, 0.5) is 0 Å². The SMILES string of the molecule is CC(C)n1nccc1[C@@H]1CN(Cc2cccs2)C[C@]12CCCN(C)C2=O. The minimum Gasteiger partial charge on any atom is -0.345 e. The molecule has 2 fully saturated rings. The second-order valence-electron chi connectivity index (χ2n) is 8.08. The van der Waals surface area contributed by atoms with Crippen LogP contribution in [0.5, 0.6) is 0 Å². The van der Waals surface area contributed by atoms with Gasteiger partial charge in [0, 0.05) is 62.0 Å². The molecule has 4 rings (SSSR count). The maximum absolute atomic E-state index is 13.4. The summed E-state index contributed by atoms with van der Waals surface area (Å²) in [4.78, 5) is 19.1. The summed E-state index contributed by atoms with van der Waals surface area (Å²) in [6.07, 6.45) is 3.95. The van der Waals surface area contributed by atoms with Crippen molar-refractivity contribution in [1.29, 1.82) is 0 Å². The molecule has 2 saturated heterocycles. The Morgan fingerprint density at radius 3 is 2.96 bits per heavy atom. The number of carbonyl (C=O) groups excluding carboxylic acids is 1. The molecule has 2 aliphatic heterocycles. The molecule has 2 atom stereocenters. The first kappa shape index (κ1) is 17.7.